The Hall–Kier alpha value is -1.51. The maximum Gasteiger partial charge on any atom is 0.191 e. The number of nitrogens with zero attached hydrogens (tertiary/aromatic N) is 3. The SMILES string of the molecule is CCCN=C(NCCc1ccco1)NCCc1ccnn1C.I. The van der Waals surface area contributed by atoms with Gasteiger partial charge in [-0.1, -0.05) is 6.92 Å². The molecule has 23 heavy (non-hydrogen) atoms. The zero-order valence-electron chi connectivity index (χ0n) is 13.8. The van der Waals surface area contributed by atoms with Gasteiger partial charge >= 0.3 is 0 Å². The summed E-state index contributed by atoms with van der Waals surface area (Å²) in [5, 5.41) is 10.9. The van der Waals surface area contributed by atoms with Gasteiger partial charge in [-0.25, -0.2) is 0 Å². The molecule has 0 aliphatic heterocycles. The second kappa shape index (κ2) is 11.1. The van der Waals surface area contributed by atoms with Gasteiger partial charge in [-0.2, -0.15) is 5.10 Å². The number of hydrogen-bond donors (Lipinski definition) is 2. The van der Waals surface area contributed by atoms with Crippen LogP contribution in [0.3, 0.4) is 0 Å². The van der Waals surface area contributed by atoms with Gasteiger partial charge in [0, 0.05) is 51.4 Å². The molecule has 0 aliphatic carbocycles. The highest BCUT2D eigenvalue weighted by Gasteiger charge is 2.02. The van der Waals surface area contributed by atoms with E-state index in [0.717, 1.165) is 50.6 Å². The normalized spacial score (nSPS) is 11.1. The van der Waals surface area contributed by atoms with Gasteiger partial charge in [-0.15, -0.1) is 24.0 Å². The van der Waals surface area contributed by atoms with E-state index in [2.05, 4.69) is 27.6 Å². The minimum atomic E-state index is 0. The number of halogens is 1. The number of aliphatic imine (C=N–C) groups is 1. The molecule has 6 nitrogen and oxygen atoms in total. The smallest absolute Gasteiger partial charge is 0.191 e. The summed E-state index contributed by atoms with van der Waals surface area (Å²) in [6.45, 7) is 4.58. The Morgan fingerprint density at radius 1 is 1.26 bits per heavy atom. The zero-order valence-corrected chi connectivity index (χ0v) is 16.1. The average Bonchev–Trinajstić information content (AvgIpc) is 3.16. The van der Waals surface area contributed by atoms with Gasteiger partial charge in [0.05, 0.1) is 6.26 Å². The van der Waals surface area contributed by atoms with Gasteiger partial charge in [0.25, 0.3) is 0 Å². The van der Waals surface area contributed by atoms with E-state index in [9.17, 15) is 0 Å². The van der Waals surface area contributed by atoms with Crippen molar-refractivity contribution in [3.05, 3.63) is 42.1 Å². The fourth-order valence-corrected chi connectivity index (χ4v) is 2.11. The van der Waals surface area contributed by atoms with Crippen molar-refractivity contribution in [3.8, 4) is 0 Å². The maximum atomic E-state index is 5.33. The zero-order chi connectivity index (χ0) is 15.6. The Balaban J connectivity index is 0.00000264. The van der Waals surface area contributed by atoms with Crippen molar-refractivity contribution in [2.75, 3.05) is 19.6 Å². The Kier molecular flexibility index (Phi) is 9.42. The molecular weight excluding hydrogens is 405 g/mol. The van der Waals surface area contributed by atoms with E-state index >= 15 is 0 Å². The van der Waals surface area contributed by atoms with Crippen molar-refractivity contribution in [2.45, 2.75) is 26.2 Å². The third-order valence-electron chi connectivity index (χ3n) is 3.33. The lowest BCUT2D eigenvalue weighted by atomic mass is 10.3. The molecule has 0 fully saturated rings. The first kappa shape index (κ1) is 19.5. The Bertz CT molecular complexity index is 565. The van der Waals surface area contributed by atoms with Crippen LogP contribution in [0.15, 0.2) is 40.1 Å². The number of nitrogens with one attached hydrogen (secondary N) is 2. The van der Waals surface area contributed by atoms with Crippen molar-refractivity contribution < 1.29 is 4.42 Å². The summed E-state index contributed by atoms with van der Waals surface area (Å²) in [6, 6.07) is 5.93. The molecule has 0 aliphatic rings. The number of aromatic nitrogens is 2. The molecule has 2 rings (SSSR count). The van der Waals surface area contributed by atoms with Crippen LogP contribution in [0.5, 0.6) is 0 Å². The number of furan rings is 1. The fourth-order valence-electron chi connectivity index (χ4n) is 2.11. The molecule has 0 aromatic carbocycles. The quantitative estimate of drug-likeness (QED) is 0.383. The molecule has 2 N–H and O–H groups in total. The van der Waals surface area contributed by atoms with Crippen molar-refractivity contribution >= 4 is 29.9 Å². The fraction of sp³-hybridized carbons (Fsp3) is 0.500. The van der Waals surface area contributed by atoms with Crippen molar-refractivity contribution in [1.82, 2.24) is 20.4 Å². The van der Waals surface area contributed by atoms with Gasteiger partial charge in [-0.3, -0.25) is 9.67 Å². The minimum Gasteiger partial charge on any atom is -0.469 e. The summed E-state index contributed by atoms with van der Waals surface area (Å²) >= 11 is 0. The topological polar surface area (TPSA) is 67.4 Å². The van der Waals surface area contributed by atoms with Gasteiger partial charge in [-0.05, 0) is 24.6 Å². The van der Waals surface area contributed by atoms with Crippen LogP contribution < -0.4 is 10.6 Å². The van der Waals surface area contributed by atoms with E-state index in [1.807, 2.05) is 36.1 Å². The van der Waals surface area contributed by atoms with E-state index in [4.69, 9.17) is 4.42 Å². The summed E-state index contributed by atoms with van der Waals surface area (Å²) in [7, 11) is 1.96. The molecular formula is C16H26IN5O. The van der Waals surface area contributed by atoms with Crippen LogP contribution in [0.25, 0.3) is 0 Å². The second-order valence-electron chi connectivity index (χ2n) is 5.11. The molecule has 0 atom stereocenters. The third kappa shape index (κ3) is 7.06. The van der Waals surface area contributed by atoms with Crippen LogP contribution in [0.2, 0.25) is 0 Å². The minimum absolute atomic E-state index is 0. The molecule has 0 spiro atoms. The van der Waals surface area contributed by atoms with Gasteiger partial charge < -0.3 is 15.1 Å². The summed E-state index contributed by atoms with van der Waals surface area (Å²) in [6.07, 6.45) is 6.33. The highest BCUT2D eigenvalue weighted by atomic mass is 127. The van der Waals surface area contributed by atoms with Crippen LogP contribution in [0.1, 0.15) is 24.8 Å². The van der Waals surface area contributed by atoms with Crippen molar-refractivity contribution in [2.24, 2.45) is 12.0 Å². The summed E-state index contributed by atoms with van der Waals surface area (Å²) < 4.78 is 7.23. The predicted octanol–water partition coefficient (Wildman–Crippen LogP) is 2.36. The molecule has 7 heteroatoms. The standard InChI is InChI=1S/C16H25N5O.HI/c1-3-9-17-16(19-11-8-15-5-4-13-22-15)18-10-6-14-7-12-20-21(14)2;/h4-5,7,12-13H,3,6,8-11H2,1-2H3,(H2,17,18,19);1H. The Morgan fingerprint density at radius 2 is 2.04 bits per heavy atom. The molecule has 0 bridgehead atoms. The van der Waals surface area contributed by atoms with Crippen molar-refractivity contribution in [1.29, 1.82) is 0 Å². The summed E-state index contributed by atoms with van der Waals surface area (Å²) in [5.74, 6) is 1.84. The largest absolute Gasteiger partial charge is 0.469 e. The van der Waals surface area contributed by atoms with Crippen molar-refractivity contribution in [3.63, 3.8) is 0 Å². The highest BCUT2D eigenvalue weighted by molar-refractivity contribution is 14.0. The van der Waals surface area contributed by atoms with Crippen LogP contribution in [0, 0.1) is 0 Å². The van der Waals surface area contributed by atoms with Crippen LogP contribution in [-0.2, 0) is 19.9 Å². The first-order chi connectivity index (χ1) is 10.8. The maximum absolute atomic E-state index is 5.33. The summed E-state index contributed by atoms with van der Waals surface area (Å²) in [4.78, 5) is 4.54. The van der Waals surface area contributed by atoms with E-state index in [1.165, 1.54) is 5.69 Å². The van der Waals surface area contributed by atoms with E-state index in [0.29, 0.717) is 0 Å². The molecule has 0 saturated heterocycles. The average molecular weight is 431 g/mol. The number of guanidine groups is 1. The van der Waals surface area contributed by atoms with Gasteiger partial charge in [0.15, 0.2) is 5.96 Å². The van der Waals surface area contributed by atoms with Gasteiger partial charge in [0.2, 0.25) is 0 Å². The monoisotopic (exact) mass is 431 g/mol. The molecule has 2 heterocycles. The molecule has 0 unspecified atom stereocenters. The summed E-state index contributed by atoms with van der Waals surface area (Å²) in [5.41, 5.74) is 1.21. The molecule has 2 aromatic rings. The first-order valence-electron chi connectivity index (χ1n) is 7.81. The van der Waals surface area contributed by atoms with E-state index in [1.54, 1.807) is 6.26 Å². The lowest BCUT2D eigenvalue weighted by Crippen LogP contribution is -2.39. The van der Waals surface area contributed by atoms with E-state index in [-0.39, 0.29) is 24.0 Å². The van der Waals surface area contributed by atoms with Crippen LogP contribution in [-0.4, -0.2) is 35.4 Å². The van der Waals surface area contributed by atoms with E-state index < -0.39 is 0 Å². The second-order valence-corrected chi connectivity index (χ2v) is 5.11. The molecule has 0 radical (unpaired) electrons. The number of rotatable bonds is 8. The number of hydrogen-bond acceptors (Lipinski definition) is 3. The highest BCUT2D eigenvalue weighted by Crippen LogP contribution is 1.99. The number of aryl methyl sites for hydroxylation is 1. The first-order valence-corrected chi connectivity index (χ1v) is 7.81. The Labute approximate surface area is 154 Å². The predicted molar refractivity (Wildman–Crippen MR) is 103 cm³/mol. The molecule has 0 amide bonds. The Morgan fingerprint density at radius 3 is 2.65 bits per heavy atom. The van der Waals surface area contributed by atoms with Crippen LogP contribution >= 0.6 is 24.0 Å². The molecule has 2 aromatic heterocycles. The third-order valence-corrected chi connectivity index (χ3v) is 3.33. The van der Waals surface area contributed by atoms with Gasteiger partial charge in [0.1, 0.15) is 5.76 Å². The van der Waals surface area contributed by atoms with Crippen LogP contribution in [0.4, 0.5) is 0 Å². The molecule has 0 saturated carbocycles. The lowest BCUT2D eigenvalue weighted by Gasteiger charge is -2.12. The lowest BCUT2D eigenvalue weighted by molar-refractivity contribution is 0.506. The molecule has 128 valence electrons.